The number of amides is 1. The number of phenolic OH excluding ortho intramolecular Hbond substituents is 1. The number of hydrogen-bond acceptors (Lipinski definition) is 4. The number of hydrogen-bond donors (Lipinski definition) is 2. The monoisotopic (exact) mass is 401 g/mol. The van der Waals surface area contributed by atoms with Gasteiger partial charge < -0.3 is 10.4 Å². The van der Waals surface area contributed by atoms with Crippen molar-refractivity contribution in [2.24, 2.45) is 0 Å². The molecule has 0 spiro atoms. The number of nitrogens with one attached hydrogen (secondary N) is 1. The topological polar surface area (TPSA) is 66.4 Å². The number of benzene rings is 1. The van der Waals surface area contributed by atoms with E-state index in [0.717, 1.165) is 11.1 Å². The van der Waals surface area contributed by atoms with Crippen molar-refractivity contribution in [1.29, 1.82) is 0 Å². The second-order valence-electron chi connectivity index (χ2n) is 4.25. The summed E-state index contributed by atoms with van der Waals surface area (Å²) in [5.41, 5.74) is 1.63. The Bertz CT molecular complexity index is 666. The SMILES string of the molecule is Cc1cc(C(=O)NCc2cccc(O)c2)sc1C(=O)I. The van der Waals surface area contributed by atoms with Gasteiger partial charge in [-0.3, -0.25) is 9.59 Å². The summed E-state index contributed by atoms with van der Waals surface area (Å²) >= 11 is 2.91. The number of halogens is 1. The molecule has 0 fully saturated rings. The lowest BCUT2D eigenvalue weighted by molar-refractivity contribution is 0.0954. The minimum absolute atomic E-state index is 0.0582. The van der Waals surface area contributed by atoms with Crippen LogP contribution in [-0.2, 0) is 6.54 Å². The molecule has 104 valence electrons. The lowest BCUT2D eigenvalue weighted by Gasteiger charge is -2.04. The van der Waals surface area contributed by atoms with Gasteiger partial charge in [-0.2, -0.15) is 0 Å². The van der Waals surface area contributed by atoms with Crippen LogP contribution in [0.2, 0.25) is 0 Å². The van der Waals surface area contributed by atoms with Crippen LogP contribution in [0.4, 0.5) is 0 Å². The van der Waals surface area contributed by atoms with Crippen molar-refractivity contribution >= 4 is 43.6 Å². The van der Waals surface area contributed by atoms with E-state index in [2.05, 4.69) is 5.32 Å². The number of carbonyl (C=O) groups is 2. The highest BCUT2D eigenvalue weighted by atomic mass is 127. The van der Waals surface area contributed by atoms with Gasteiger partial charge in [-0.15, -0.1) is 11.3 Å². The summed E-state index contributed by atoms with van der Waals surface area (Å²) in [4.78, 5) is 24.5. The molecule has 0 saturated heterocycles. The Hall–Kier alpha value is -1.41. The average Bonchev–Trinajstić information content (AvgIpc) is 2.78. The van der Waals surface area contributed by atoms with Gasteiger partial charge >= 0.3 is 0 Å². The molecule has 0 radical (unpaired) electrons. The van der Waals surface area contributed by atoms with Gasteiger partial charge in [0.15, 0.2) is 0 Å². The minimum atomic E-state index is -0.217. The molecular weight excluding hydrogens is 389 g/mol. The van der Waals surface area contributed by atoms with Crippen LogP contribution in [0.25, 0.3) is 0 Å². The normalized spacial score (nSPS) is 10.3. The van der Waals surface area contributed by atoms with Crippen molar-refractivity contribution in [2.45, 2.75) is 13.5 Å². The number of rotatable bonds is 4. The Balaban J connectivity index is 2.05. The quantitative estimate of drug-likeness (QED) is 0.611. The maximum Gasteiger partial charge on any atom is 0.261 e. The second kappa shape index (κ2) is 6.36. The molecule has 0 saturated carbocycles. The molecular formula is C14H12INO3S. The Kier molecular flexibility index (Phi) is 4.77. The van der Waals surface area contributed by atoms with E-state index in [0.29, 0.717) is 16.3 Å². The summed E-state index contributed by atoms with van der Waals surface area (Å²) in [7, 11) is 0. The van der Waals surface area contributed by atoms with Gasteiger partial charge in [0.2, 0.25) is 3.79 Å². The molecule has 6 heteroatoms. The Morgan fingerprint density at radius 2 is 2.10 bits per heavy atom. The van der Waals surface area contributed by atoms with E-state index in [-0.39, 0.29) is 15.4 Å². The standard InChI is InChI=1S/C14H12INO3S/c1-8-5-11(20-12(8)13(15)18)14(19)16-7-9-3-2-4-10(17)6-9/h2-6,17H,7H2,1H3,(H,16,19). The molecule has 1 aromatic carbocycles. The van der Waals surface area contributed by atoms with Crippen LogP contribution in [-0.4, -0.2) is 14.8 Å². The van der Waals surface area contributed by atoms with Crippen LogP contribution < -0.4 is 5.32 Å². The summed E-state index contributed by atoms with van der Waals surface area (Å²) < 4.78 is -0.0582. The van der Waals surface area contributed by atoms with Crippen LogP contribution in [0.1, 0.15) is 30.5 Å². The summed E-state index contributed by atoms with van der Waals surface area (Å²) in [6.07, 6.45) is 0. The Labute approximate surface area is 134 Å². The molecule has 20 heavy (non-hydrogen) atoms. The molecule has 0 bridgehead atoms. The van der Waals surface area contributed by atoms with Crippen LogP contribution in [0.15, 0.2) is 30.3 Å². The minimum Gasteiger partial charge on any atom is -0.508 e. The third-order valence-electron chi connectivity index (χ3n) is 2.68. The highest BCUT2D eigenvalue weighted by Crippen LogP contribution is 2.24. The summed E-state index contributed by atoms with van der Waals surface area (Å²) in [5, 5.41) is 12.1. The van der Waals surface area contributed by atoms with Gasteiger partial charge in [-0.05, 0) is 36.2 Å². The van der Waals surface area contributed by atoms with Gasteiger partial charge in [0, 0.05) is 29.1 Å². The van der Waals surface area contributed by atoms with E-state index in [4.69, 9.17) is 0 Å². The fourth-order valence-corrected chi connectivity index (χ4v) is 3.40. The molecule has 2 aromatic rings. The molecule has 0 atom stereocenters. The molecule has 1 amide bonds. The molecule has 1 aromatic heterocycles. The largest absolute Gasteiger partial charge is 0.508 e. The van der Waals surface area contributed by atoms with Gasteiger partial charge in [-0.1, -0.05) is 12.1 Å². The smallest absolute Gasteiger partial charge is 0.261 e. The van der Waals surface area contributed by atoms with Gasteiger partial charge in [-0.25, -0.2) is 0 Å². The van der Waals surface area contributed by atoms with Crippen LogP contribution in [0.5, 0.6) is 5.75 Å². The molecule has 0 unspecified atom stereocenters. The van der Waals surface area contributed by atoms with Crippen molar-refractivity contribution in [3.63, 3.8) is 0 Å². The van der Waals surface area contributed by atoms with Crippen molar-refractivity contribution in [3.05, 3.63) is 51.2 Å². The molecule has 2 rings (SSSR count). The van der Waals surface area contributed by atoms with Gasteiger partial charge in [0.25, 0.3) is 5.91 Å². The highest BCUT2D eigenvalue weighted by Gasteiger charge is 2.15. The van der Waals surface area contributed by atoms with Crippen LogP contribution in [0.3, 0.4) is 0 Å². The number of aromatic hydroxyl groups is 1. The van der Waals surface area contributed by atoms with E-state index in [1.54, 1.807) is 46.9 Å². The summed E-state index contributed by atoms with van der Waals surface area (Å²) in [5.74, 6) is -0.0492. The maximum absolute atomic E-state index is 12.0. The Morgan fingerprint density at radius 3 is 2.70 bits per heavy atom. The predicted octanol–water partition coefficient (Wildman–Crippen LogP) is 3.27. The van der Waals surface area contributed by atoms with Crippen molar-refractivity contribution in [1.82, 2.24) is 5.32 Å². The van der Waals surface area contributed by atoms with Crippen molar-refractivity contribution in [3.8, 4) is 5.75 Å². The zero-order chi connectivity index (χ0) is 14.7. The summed E-state index contributed by atoms with van der Waals surface area (Å²) in [6.45, 7) is 2.14. The first kappa shape index (κ1) is 15.0. The molecule has 0 aliphatic rings. The van der Waals surface area contributed by atoms with Crippen molar-refractivity contribution in [2.75, 3.05) is 0 Å². The fraction of sp³-hybridized carbons (Fsp3) is 0.143. The second-order valence-corrected chi connectivity index (χ2v) is 6.28. The zero-order valence-corrected chi connectivity index (χ0v) is 13.6. The van der Waals surface area contributed by atoms with Crippen molar-refractivity contribution < 1.29 is 14.7 Å². The molecule has 1 heterocycles. The van der Waals surface area contributed by atoms with Crippen LogP contribution in [0, 0.1) is 6.92 Å². The van der Waals surface area contributed by atoms with Gasteiger partial charge in [0.05, 0.1) is 9.75 Å². The average molecular weight is 401 g/mol. The van der Waals surface area contributed by atoms with E-state index >= 15 is 0 Å². The molecule has 0 aliphatic carbocycles. The first-order valence-corrected chi connectivity index (χ1v) is 7.73. The first-order valence-electron chi connectivity index (χ1n) is 5.83. The lowest BCUT2D eigenvalue weighted by Crippen LogP contribution is -2.21. The van der Waals surface area contributed by atoms with E-state index in [1.807, 2.05) is 13.0 Å². The number of aryl methyl sites for hydroxylation is 1. The summed E-state index contributed by atoms with van der Waals surface area (Å²) in [6, 6.07) is 8.43. The number of phenols is 1. The molecule has 0 aliphatic heterocycles. The fourth-order valence-electron chi connectivity index (χ4n) is 1.73. The predicted molar refractivity (Wildman–Crippen MR) is 86.7 cm³/mol. The van der Waals surface area contributed by atoms with E-state index in [1.165, 1.54) is 11.3 Å². The third kappa shape index (κ3) is 3.57. The number of carbonyl (C=O) groups excluding carboxylic acids is 2. The zero-order valence-electron chi connectivity index (χ0n) is 10.6. The van der Waals surface area contributed by atoms with Gasteiger partial charge in [0.1, 0.15) is 5.75 Å². The third-order valence-corrected chi connectivity index (χ3v) is 4.82. The molecule has 2 N–H and O–H groups in total. The van der Waals surface area contributed by atoms with E-state index in [9.17, 15) is 14.7 Å². The first-order chi connectivity index (χ1) is 9.47. The van der Waals surface area contributed by atoms with E-state index < -0.39 is 0 Å². The lowest BCUT2D eigenvalue weighted by atomic mass is 10.2. The van der Waals surface area contributed by atoms with Crippen LogP contribution >= 0.6 is 33.9 Å². The number of thiophene rings is 1. The Morgan fingerprint density at radius 1 is 1.35 bits per heavy atom. The molecule has 4 nitrogen and oxygen atoms in total. The highest BCUT2D eigenvalue weighted by molar-refractivity contribution is 14.1. The maximum atomic E-state index is 12.0.